The van der Waals surface area contributed by atoms with Crippen molar-refractivity contribution >= 4 is 82.4 Å². The number of hydrogen-bond acceptors (Lipinski definition) is 2. The fourth-order valence-corrected chi connectivity index (χ4v) is 9.29. The predicted octanol–water partition coefficient (Wildman–Crippen LogP) is 15.8. The van der Waals surface area contributed by atoms with Crippen LogP contribution in [0.2, 0.25) is 0 Å². The number of furan rings is 1. The lowest BCUT2D eigenvalue weighted by Gasteiger charge is -2.27. The van der Waals surface area contributed by atoms with Crippen LogP contribution >= 0.6 is 0 Å². The first-order chi connectivity index (χ1) is 29.3. The van der Waals surface area contributed by atoms with E-state index in [0.717, 1.165) is 55.8 Å². The summed E-state index contributed by atoms with van der Waals surface area (Å²) in [6.07, 6.45) is 0. The molecule has 0 amide bonds. The molecule has 59 heavy (non-hydrogen) atoms. The molecule has 0 aliphatic carbocycles. The first-order valence-corrected chi connectivity index (χ1v) is 20.2. The fraction of sp³-hybridized carbons (Fsp3) is 0. The van der Waals surface area contributed by atoms with Crippen LogP contribution < -0.4 is 4.90 Å². The van der Waals surface area contributed by atoms with E-state index in [1.807, 2.05) is 12.1 Å². The van der Waals surface area contributed by atoms with Gasteiger partial charge in [0.1, 0.15) is 11.2 Å². The van der Waals surface area contributed by atoms with E-state index < -0.39 is 0 Å². The van der Waals surface area contributed by atoms with E-state index in [4.69, 9.17) is 4.42 Å². The average Bonchev–Trinajstić information content (AvgIpc) is 3.86. The van der Waals surface area contributed by atoms with Crippen molar-refractivity contribution in [1.82, 2.24) is 4.57 Å². The van der Waals surface area contributed by atoms with E-state index >= 15 is 0 Å². The van der Waals surface area contributed by atoms with Gasteiger partial charge in [-0.05, 0) is 98.9 Å². The number of anilines is 3. The molecule has 12 rings (SSSR count). The Labute approximate surface area is 341 Å². The lowest BCUT2D eigenvalue weighted by atomic mass is 9.94. The van der Waals surface area contributed by atoms with Crippen molar-refractivity contribution in [3.05, 3.63) is 218 Å². The molecule has 0 bridgehead atoms. The third kappa shape index (κ3) is 5.36. The van der Waals surface area contributed by atoms with Crippen molar-refractivity contribution in [3.8, 4) is 27.9 Å². The Hall–Kier alpha value is -7.88. The van der Waals surface area contributed by atoms with Crippen molar-refractivity contribution in [2.75, 3.05) is 4.90 Å². The van der Waals surface area contributed by atoms with Crippen molar-refractivity contribution in [3.63, 3.8) is 0 Å². The number of hydrogen-bond donors (Lipinski definition) is 0. The van der Waals surface area contributed by atoms with Crippen LogP contribution in [0.15, 0.2) is 223 Å². The van der Waals surface area contributed by atoms with Crippen LogP contribution in [-0.2, 0) is 0 Å². The Morgan fingerprint density at radius 1 is 0.339 bits per heavy atom. The molecule has 0 saturated heterocycles. The summed E-state index contributed by atoms with van der Waals surface area (Å²) in [6, 6.07) is 78.8. The molecule has 3 nitrogen and oxygen atoms in total. The zero-order valence-electron chi connectivity index (χ0n) is 32.1. The van der Waals surface area contributed by atoms with Gasteiger partial charge >= 0.3 is 0 Å². The number of nitrogens with zero attached hydrogens (tertiary/aromatic N) is 2. The van der Waals surface area contributed by atoms with E-state index in [0.29, 0.717) is 0 Å². The van der Waals surface area contributed by atoms with Crippen LogP contribution in [0.3, 0.4) is 0 Å². The lowest BCUT2D eigenvalue weighted by Crippen LogP contribution is -2.10. The largest absolute Gasteiger partial charge is 0.455 e. The lowest BCUT2D eigenvalue weighted by molar-refractivity contribution is 0.670. The second-order valence-electron chi connectivity index (χ2n) is 15.3. The molecule has 0 aliphatic rings. The van der Waals surface area contributed by atoms with Gasteiger partial charge in [-0.15, -0.1) is 0 Å². The zero-order chi connectivity index (χ0) is 38.9. The van der Waals surface area contributed by atoms with Crippen molar-refractivity contribution < 1.29 is 4.42 Å². The maximum Gasteiger partial charge on any atom is 0.143 e. The van der Waals surface area contributed by atoms with E-state index in [-0.39, 0.29) is 0 Å². The van der Waals surface area contributed by atoms with Gasteiger partial charge in [0, 0.05) is 49.9 Å². The Bertz CT molecular complexity index is 3520. The number of aromatic nitrogens is 1. The Kier molecular flexibility index (Phi) is 7.54. The molecule has 0 aliphatic heterocycles. The maximum absolute atomic E-state index is 6.46. The molecule has 2 aromatic heterocycles. The van der Waals surface area contributed by atoms with Gasteiger partial charge in [0.25, 0.3) is 0 Å². The molecular formula is C56H36N2O. The summed E-state index contributed by atoms with van der Waals surface area (Å²) in [7, 11) is 0. The molecule has 3 heteroatoms. The molecule has 0 saturated carbocycles. The van der Waals surface area contributed by atoms with Crippen molar-refractivity contribution in [2.45, 2.75) is 0 Å². The maximum atomic E-state index is 6.46. The molecule has 0 fully saturated rings. The van der Waals surface area contributed by atoms with E-state index in [9.17, 15) is 0 Å². The van der Waals surface area contributed by atoms with Gasteiger partial charge in [0.15, 0.2) is 0 Å². The topological polar surface area (TPSA) is 21.3 Å². The number of fused-ring (bicyclic) bond motifs is 9. The normalized spacial score (nSPS) is 11.7. The molecular weight excluding hydrogens is 717 g/mol. The van der Waals surface area contributed by atoms with E-state index in [1.54, 1.807) is 0 Å². The quantitative estimate of drug-likeness (QED) is 0.158. The average molecular weight is 753 g/mol. The highest BCUT2D eigenvalue weighted by Crippen LogP contribution is 2.42. The summed E-state index contributed by atoms with van der Waals surface area (Å²) in [5, 5.41) is 9.78. The minimum Gasteiger partial charge on any atom is -0.455 e. The summed E-state index contributed by atoms with van der Waals surface area (Å²) in [6.45, 7) is 0. The molecule has 0 unspecified atom stereocenters. The molecule has 0 spiro atoms. The van der Waals surface area contributed by atoms with Crippen LogP contribution in [0.4, 0.5) is 17.1 Å². The van der Waals surface area contributed by atoms with Crippen LogP contribution in [-0.4, -0.2) is 4.57 Å². The molecule has 2 heterocycles. The summed E-state index contributed by atoms with van der Waals surface area (Å²) >= 11 is 0. The van der Waals surface area contributed by atoms with E-state index in [2.05, 4.69) is 216 Å². The van der Waals surface area contributed by atoms with Crippen LogP contribution in [0.5, 0.6) is 0 Å². The van der Waals surface area contributed by atoms with Gasteiger partial charge in [-0.25, -0.2) is 0 Å². The third-order valence-corrected chi connectivity index (χ3v) is 12.0. The monoisotopic (exact) mass is 752 g/mol. The predicted molar refractivity (Wildman–Crippen MR) is 249 cm³/mol. The van der Waals surface area contributed by atoms with Crippen LogP contribution in [0.1, 0.15) is 0 Å². The van der Waals surface area contributed by atoms with Gasteiger partial charge in [-0.1, -0.05) is 158 Å². The Balaban J connectivity index is 1.03. The molecule has 0 atom stereocenters. The third-order valence-electron chi connectivity index (χ3n) is 12.0. The summed E-state index contributed by atoms with van der Waals surface area (Å²) in [5.41, 5.74) is 13.1. The van der Waals surface area contributed by atoms with Gasteiger partial charge < -0.3 is 13.9 Å². The van der Waals surface area contributed by atoms with Crippen LogP contribution in [0.25, 0.3) is 93.2 Å². The summed E-state index contributed by atoms with van der Waals surface area (Å²) < 4.78 is 8.85. The first-order valence-electron chi connectivity index (χ1n) is 20.2. The van der Waals surface area contributed by atoms with Gasteiger partial charge in [0.2, 0.25) is 0 Å². The molecule has 276 valence electrons. The molecule has 10 aromatic carbocycles. The summed E-state index contributed by atoms with van der Waals surface area (Å²) in [5.74, 6) is 0. The second-order valence-corrected chi connectivity index (χ2v) is 15.3. The fourth-order valence-electron chi connectivity index (χ4n) is 9.29. The van der Waals surface area contributed by atoms with Crippen LogP contribution in [0, 0.1) is 0 Å². The van der Waals surface area contributed by atoms with E-state index in [1.165, 1.54) is 54.5 Å². The highest BCUT2D eigenvalue weighted by atomic mass is 16.3. The number of benzene rings is 10. The summed E-state index contributed by atoms with van der Waals surface area (Å²) in [4.78, 5) is 2.38. The number of para-hydroxylation sites is 4. The second kappa shape index (κ2) is 13.4. The highest BCUT2D eigenvalue weighted by molar-refractivity contribution is 6.13. The SMILES string of the molecule is c1cc(-c2cccc3c2ccc2ccccc23)cc(N(c2ccc(-c3cccc4c3oc3ccccc34)cc2)c2cccc(-n3c4ccccc4c4ccccc43)c2)c1. The molecule has 0 radical (unpaired) electrons. The molecule has 0 N–H and O–H groups in total. The number of rotatable bonds is 6. The Morgan fingerprint density at radius 2 is 0.949 bits per heavy atom. The van der Waals surface area contributed by atoms with Gasteiger partial charge in [-0.2, -0.15) is 0 Å². The Morgan fingerprint density at radius 3 is 1.75 bits per heavy atom. The molecule has 12 aromatic rings. The van der Waals surface area contributed by atoms with Gasteiger partial charge in [-0.3, -0.25) is 0 Å². The standard InChI is InChI=1S/C56H36N2O/c1-2-18-44-37(13-1)31-34-48-45(22-11-24-47(44)48)39-14-9-15-41(35-39)57(40-32-29-38(30-33-40)46-23-12-25-52-51-21-5-8-28-55(51)59-56(46)52)42-16-10-17-43(36-42)58-53-26-6-3-19-49(53)50-20-4-7-27-54(50)58/h1-36H. The minimum absolute atomic E-state index is 0.903. The van der Waals surface area contributed by atoms with Crippen molar-refractivity contribution in [1.29, 1.82) is 0 Å². The van der Waals surface area contributed by atoms with Gasteiger partial charge in [0.05, 0.1) is 11.0 Å². The first kappa shape index (κ1) is 33.3. The van der Waals surface area contributed by atoms with Crippen molar-refractivity contribution in [2.24, 2.45) is 0 Å². The zero-order valence-corrected chi connectivity index (χ0v) is 32.1. The highest BCUT2D eigenvalue weighted by Gasteiger charge is 2.19. The smallest absolute Gasteiger partial charge is 0.143 e. The minimum atomic E-state index is 0.903.